The molecule has 1 aliphatic rings. The van der Waals surface area contributed by atoms with Crippen molar-refractivity contribution in [3.63, 3.8) is 0 Å². The first-order valence-electron chi connectivity index (χ1n) is 7.85. The number of pyridine rings is 1. The lowest BCUT2D eigenvalue weighted by atomic mass is 10.0. The van der Waals surface area contributed by atoms with Gasteiger partial charge in [0, 0.05) is 12.7 Å². The van der Waals surface area contributed by atoms with Crippen LogP contribution in [0.1, 0.15) is 24.4 Å². The fourth-order valence-electron chi connectivity index (χ4n) is 2.96. The number of anilines is 1. The maximum absolute atomic E-state index is 12.6. The molecule has 1 aromatic carbocycles. The molecular weight excluding hydrogens is 306 g/mol. The van der Waals surface area contributed by atoms with Crippen LogP contribution in [-0.2, 0) is 9.59 Å². The van der Waals surface area contributed by atoms with Crippen molar-refractivity contribution in [2.75, 3.05) is 19.0 Å². The number of benzene rings is 1. The van der Waals surface area contributed by atoms with Crippen LogP contribution in [0.3, 0.4) is 0 Å². The maximum atomic E-state index is 12.6. The van der Waals surface area contributed by atoms with Crippen LogP contribution in [0.15, 0.2) is 48.8 Å². The lowest BCUT2D eigenvalue weighted by Crippen LogP contribution is -2.39. The van der Waals surface area contributed by atoms with Crippen LogP contribution in [0.4, 0.5) is 5.69 Å². The largest absolute Gasteiger partial charge is 0.497 e. The second kappa shape index (κ2) is 7.12. The van der Waals surface area contributed by atoms with Gasteiger partial charge < -0.3 is 15.0 Å². The van der Waals surface area contributed by atoms with Gasteiger partial charge in [-0.05, 0) is 42.7 Å². The van der Waals surface area contributed by atoms with E-state index in [-0.39, 0.29) is 6.04 Å². The highest BCUT2D eigenvalue weighted by molar-refractivity contribution is 6.39. The van der Waals surface area contributed by atoms with Crippen molar-refractivity contribution < 1.29 is 14.3 Å². The molecule has 0 spiro atoms. The number of likely N-dealkylation sites (tertiary alicyclic amines) is 1. The third-order valence-electron chi connectivity index (χ3n) is 4.11. The standard InChI is InChI=1S/C18H19N3O3/c1-24-15-7-2-5-13(11-15)16-8-4-10-21(16)18(23)17(22)20-14-6-3-9-19-12-14/h2-3,5-7,9,11-12,16H,4,8,10H2,1H3,(H,20,22)/t16-/m1/s1. The maximum Gasteiger partial charge on any atom is 0.313 e. The van der Waals surface area contributed by atoms with Gasteiger partial charge in [-0.2, -0.15) is 0 Å². The monoisotopic (exact) mass is 325 g/mol. The highest BCUT2D eigenvalue weighted by Crippen LogP contribution is 2.33. The molecule has 0 saturated carbocycles. The molecule has 1 aromatic heterocycles. The van der Waals surface area contributed by atoms with Gasteiger partial charge in [-0.15, -0.1) is 0 Å². The van der Waals surface area contributed by atoms with E-state index < -0.39 is 11.8 Å². The fourth-order valence-corrected chi connectivity index (χ4v) is 2.96. The van der Waals surface area contributed by atoms with Crippen molar-refractivity contribution in [1.82, 2.24) is 9.88 Å². The molecular formula is C18H19N3O3. The average molecular weight is 325 g/mol. The molecule has 2 heterocycles. The summed E-state index contributed by atoms with van der Waals surface area (Å²) in [4.78, 5) is 30.3. The van der Waals surface area contributed by atoms with Gasteiger partial charge in [0.2, 0.25) is 0 Å². The number of rotatable bonds is 3. The topological polar surface area (TPSA) is 71.5 Å². The fraction of sp³-hybridized carbons (Fsp3) is 0.278. The van der Waals surface area contributed by atoms with E-state index in [4.69, 9.17) is 4.74 Å². The quantitative estimate of drug-likeness (QED) is 0.880. The van der Waals surface area contributed by atoms with Gasteiger partial charge >= 0.3 is 11.8 Å². The number of carbonyl (C=O) groups is 2. The summed E-state index contributed by atoms with van der Waals surface area (Å²) in [5, 5.41) is 2.60. The molecule has 6 nitrogen and oxygen atoms in total. The second-order valence-corrected chi connectivity index (χ2v) is 5.63. The van der Waals surface area contributed by atoms with Gasteiger partial charge in [-0.3, -0.25) is 14.6 Å². The van der Waals surface area contributed by atoms with Crippen LogP contribution in [0.25, 0.3) is 0 Å². The summed E-state index contributed by atoms with van der Waals surface area (Å²) in [5.41, 5.74) is 1.49. The summed E-state index contributed by atoms with van der Waals surface area (Å²) >= 11 is 0. The zero-order valence-electron chi connectivity index (χ0n) is 13.4. The van der Waals surface area contributed by atoms with Gasteiger partial charge in [0.1, 0.15) is 5.75 Å². The van der Waals surface area contributed by atoms with E-state index in [9.17, 15) is 9.59 Å². The molecule has 24 heavy (non-hydrogen) atoms. The first-order valence-corrected chi connectivity index (χ1v) is 7.85. The Morgan fingerprint density at radius 3 is 2.92 bits per heavy atom. The highest BCUT2D eigenvalue weighted by atomic mass is 16.5. The van der Waals surface area contributed by atoms with Crippen molar-refractivity contribution in [2.45, 2.75) is 18.9 Å². The molecule has 2 amide bonds. The van der Waals surface area contributed by atoms with E-state index in [0.29, 0.717) is 12.2 Å². The summed E-state index contributed by atoms with van der Waals surface area (Å²) in [6.45, 7) is 0.571. The molecule has 1 saturated heterocycles. The molecule has 0 radical (unpaired) electrons. The first kappa shape index (κ1) is 16.0. The number of ether oxygens (including phenoxy) is 1. The molecule has 3 rings (SSSR count). The number of carbonyl (C=O) groups excluding carboxylic acids is 2. The van der Waals surface area contributed by atoms with Gasteiger partial charge in [0.15, 0.2) is 0 Å². The van der Waals surface area contributed by atoms with E-state index in [1.807, 2.05) is 24.3 Å². The third kappa shape index (κ3) is 3.37. The van der Waals surface area contributed by atoms with E-state index in [1.54, 1.807) is 30.3 Å². The molecule has 1 N–H and O–H groups in total. The third-order valence-corrected chi connectivity index (χ3v) is 4.11. The molecule has 0 unspecified atom stereocenters. The average Bonchev–Trinajstić information content (AvgIpc) is 3.11. The van der Waals surface area contributed by atoms with E-state index >= 15 is 0 Å². The lowest BCUT2D eigenvalue weighted by Gasteiger charge is -2.24. The van der Waals surface area contributed by atoms with Crippen molar-refractivity contribution in [3.05, 3.63) is 54.4 Å². The zero-order chi connectivity index (χ0) is 16.9. The summed E-state index contributed by atoms with van der Waals surface area (Å²) in [6, 6.07) is 10.9. The Balaban J connectivity index is 1.74. The highest BCUT2D eigenvalue weighted by Gasteiger charge is 2.33. The minimum absolute atomic E-state index is 0.104. The molecule has 1 fully saturated rings. The Morgan fingerprint density at radius 1 is 1.29 bits per heavy atom. The van der Waals surface area contributed by atoms with Crippen molar-refractivity contribution in [2.24, 2.45) is 0 Å². The normalized spacial score (nSPS) is 16.7. The summed E-state index contributed by atoms with van der Waals surface area (Å²) in [6.07, 6.45) is 4.82. The van der Waals surface area contributed by atoms with Gasteiger partial charge in [0.25, 0.3) is 0 Å². The van der Waals surface area contributed by atoms with E-state index in [1.165, 1.54) is 6.20 Å². The molecule has 1 aliphatic heterocycles. The minimum atomic E-state index is -0.641. The molecule has 1 atom stereocenters. The predicted octanol–water partition coefficient (Wildman–Crippen LogP) is 2.39. The summed E-state index contributed by atoms with van der Waals surface area (Å²) < 4.78 is 5.25. The summed E-state index contributed by atoms with van der Waals surface area (Å²) in [5.74, 6) is -0.423. The van der Waals surface area contributed by atoms with Gasteiger partial charge in [0.05, 0.1) is 25.0 Å². The number of amides is 2. The Bertz CT molecular complexity index is 733. The zero-order valence-corrected chi connectivity index (χ0v) is 13.4. The van der Waals surface area contributed by atoms with E-state index in [0.717, 1.165) is 24.2 Å². The van der Waals surface area contributed by atoms with Crippen molar-refractivity contribution in [1.29, 1.82) is 0 Å². The molecule has 0 bridgehead atoms. The molecule has 2 aromatic rings. The Morgan fingerprint density at radius 2 is 2.17 bits per heavy atom. The molecule has 124 valence electrons. The van der Waals surface area contributed by atoms with Gasteiger partial charge in [-0.1, -0.05) is 12.1 Å². The first-order chi connectivity index (χ1) is 11.7. The number of nitrogens with one attached hydrogen (secondary N) is 1. The van der Waals surface area contributed by atoms with Crippen LogP contribution < -0.4 is 10.1 Å². The molecule has 0 aliphatic carbocycles. The number of nitrogens with zero attached hydrogens (tertiary/aromatic N) is 2. The van der Waals surface area contributed by atoms with Crippen LogP contribution in [0, 0.1) is 0 Å². The Kier molecular flexibility index (Phi) is 4.74. The van der Waals surface area contributed by atoms with Crippen LogP contribution in [0.5, 0.6) is 5.75 Å². The van der Waals surface area contributed by atoms with Crippen molar-refractivity contribution in [3.8, 4) is 5.75 Å². The Labute approximate surface area is 140 Å². The van der Waals surface area contributed by atoms with Crippen molar-refractivity contribution >= 4 is 17.5 Å². The Hall–Kier alpha value is -2.89. The van der Waals surface area contributed by atoms with Gasteiger partial charge in [-0.25, -0.2) is 0 Å². The van der Waals surface area contributed by atoms with E-state index in [2.05, 4.69) is 10.3 Å². The number of aromatic nitrogens is 1. The molecule has 6 heteroatoms. The summed E-state index contributed by atoms with van der Waals surface area (Å²) in [7, 11) is 1.61. The van der Waals surface area contributed by atoms with Crippen LogP contribution >= 0.6 is 0 Å². The second-order valence-electron chi connectivity index (χ2n) is 5.63. The van der Waals surface area contributed by atoms with Crippen LogP contribution in [-0.4, -0.2) is 35.4 Å². The smallest absolute Gasteiger partial charge is 0.313 e. The lowest BCUT2D eigenvalue weighted by molar-refractivity contribution is -0.143. The predicted molar refractivity (Wildman–Crippen MR) is 89.5 cm³/mol. The number of methoxy groups -OCH3 is 1. The number of hydrogen-bond donors (Lipinski definition) is 1. The number of hydrogen-bond acceptors (Lipinski definition) is 4. The SMILES string of the molecule is COc1cccc([C@H]2CCCN2C(=O)C(=O)Nc2cccnc2)c1. The van der Waals surface area contributed by atoms with Crippen LogP contribution in [0.2, 0.25) is 0 Å². The minimum Gasteiger partial charge on any atom is -0.497 e.